The van der Waals surface area contributed by atoms with Gasteiger partial charge >= 0.3 is 0 Å². The first-order valence-corrected chi connectivity index (χ1v) is 8.63. The highest BCUT2D eigenvalue weighted by Gasteiger charge is 2.18. The third kappa shape index (κ3) is 3.09. The van der Waals surface area contributed by atoms with Crippen molar-refractivity contribution >= 4 is 45.4 Å². The van der Waals surface area contributed by atoms with Crippen molar-refractivity contribution in [2.24, 2.45) is 0 Å². The Labute approximate surface area is 152 Å². The van der Waals surface area contributed by atoms with E-state index in [-0.39, 0.29) is 11.1 Å². The summed E-state index contributed by atoms with van der Waals surface area (Å²) >= 11 is 7.41. The lowest BCUT2D eigenvalue weighted by Crippen LogP contribution is -2.11. The Kier molecular flexibility index (Phi) is 4.13. The molecule has 0 unspecified atom stereocenters. The van der Waals surface area contributed by atoms with Crippen molar-refractivity contribution in [3.05, 3.63) is 71.1 Å². The lowest BCUT2D eigenvalue weighted by molar-refractivity contribution is 0.103. The maximum Gasteiger partial charge on any atom is 0.269 e. The Balaban J connectivity index is 1.66. The molecule has 0 atom stereocenters. The smallest absolute Gasteiger partial charge is 0.269 e. The molecule has 4 aromatic rings. The van der Waals surface area contributed by atoms with E-state index in [1.807, 2.05) is 42.5 Å². The van der Waals surface area contributed by atoms with Gasteiger partial charge in [0.25, 0.3) is 5.91 Å². The van der Waals surface area contributed by atoms with Crippen LogP contribution in [-0.4, -0.2) is 20.9 Å². The number of halogens is 1. The lowest BCUT2D eigenvalue weighted by Gasteiger charge is -2.07. The van der Waals surface area contributed by atoms with Crippen molar-refractivity contribution in [1.29, 1.82) is 0 Å². The molecule has 0 saturated heterocycles. The van der Waals surface area contributed by atoms with Crippen LogP contribution in [0.4, 0.5) is 5.69 Å². The number of aromatic nitrogens is 3. The first-order chi connectivity index (χ1) is 12.2. The average molecular weight is 367 g/mol. The van der Waals surface area contributed by atoms with Gasteiger partial charge in [-0.15, -0.1) is 11.3 Å². The fraction of sp³-hybridized carbons (Fsp3) is 0. The topological polar surface area (TPSA) is 67.8 Å². The second-order valence-electron chi connectivity index (χ2n) is 5.21. The minimum atomic E-state index is -0.297. The number of fused-ring (bicyclic) bond motifs is 1. The number of thiazole rings is 1. The Bertz CT molecular complexity index is 1060. The number of hydrogen-bond donors (Lipinski definition) is 1. The van der Waals surface area contributed by atoms with Crippen molar-refractivity contribution in [1.82, 2.24) is 15.0 Å². The third-order valence-electron chi connectivity index (χ3n) is 3.59. The van der Waals surface area contributed by atoms with Gasteiger partial charge in [-0.1, -0.05) is 17.7 Å². The van der Waals surface area contributed by atoms with Gasteiger partial charge in [-0.3, -0.25) is 14.8 Å². The predicted octanol–water partition coefficient (Wildman–Crippen LogP) is 4.66. The molecule has 0 bridgehead atoms. The maximum atomic E-state index is 12.7. The van der Waals surface area contributed by atoms with Crippen molar-refractivity contribution in [3.63, 3.8) is 0 Å². The van der Waals surface area contributed by atoms with Crippen LogP contribution < -0.4 is 5.32 Å². The number of nitrogens with zero attached hydrogens (tertiary/aromatic N) is 3. The van der Waals surface area contributed by atoms with E-state index in [1.165, 1.54) is 11.3 Å². The quantitative estimate of drug-likeness (QED) is 0.572. The standard InChI is InChI=1S/C18H11ClN4OS/c19-16-15(25-18(23-16)11-4-2-8-20-10-11)17(24)22-14-7-1-6-13-12(14)5-3-9-21-13/h1-10H,(H,22,24). The Morgan fingerprint density at radius 3 is 2.80 bits per heavy atom. The van der Waals surface area contributed by atoms with Gasteiger partial charge < -0.3 is 5.32 Å². The molecule has 0 spiro atoms. The fourth-order valence-corrected chi connectivity index (χ4v) is 3.62. The summed E-state index contributed by atoms with van der Waals surface area (Å²) in [6.07, 6.45) is 5.09. The van der Waals surface area contributed by atoms with E-state index in [2.05, 4.69) is 20.3 Å². The molecule has 0 aliphatic heterocycles. The van der Waals surface area contributed by atoms with Gasteiger partial charge in [-0.05, 0) is 36.4 Å². The Morgan fingerprint density at radius 1 is 1.08 bits per heavy atom. The molecule has 3 heterocycles. The molecule has 25 heavy (non-hydrogen) atoms. The van der Waals surface area contributed by atoms with Gasteiger partial charge in [0.2, 0.25) is 0 Å². The normalized spacial score (nSPS) is 10.8. The summed E-state index contributed by atoms with van der Waals surface area (Å²) in [4.78, 5) is 25.7. The number of carbonyl (C=O) groups excluding carboxylic acids is 1. The molecule has 0 saturated carbocycles. The second kappa shape index (κ2) is 6.58. The highest BCUT2D eigenvalue weighted by Crippen LogP contribution is 2.31. The molecule has 1 amide bonds. The summed E-state index contributed by atoms with van der Waals surface area (Å²) in [5, 5.41) is 4.60. The summed E-state index contributed by atoms with van der Waals surface area (Å²) in [5.41, 5.74) is 2.32. The molecule has 1 aromatic carbocycles. The summed E-state index contributed by atoms with van der Waals surface area (Å²) in [6.45, 7) is 0. The van der Waals surface area contributed by atoms with Gasteiger partial charge in [-0.2, -0.15) is 0 Å². The summed E-state index contributed by atoms with van der Waals surface area (Å²) in [6, 6.07) is 13.0. The fourth-order valence-electron chi connectivity index (χ4n) is 2.45. The molecular formula is C18H11ClN4OS. The number of rotatable bonds is 3. The first-order valence-electron chi connectivity index (χ1n) is 7.44. The van der Waals surface area contributed by atoms with E-state index in [9.17, 15) is 4.79 Å². The van der Waals surface area contributed by atoms with Gasteiger partial charge in [0.05, 0.1) is 11.2 Å². The van der Waals surface area contributed by atoms with Crippen LogP contribution in [0.3, 0.4) is 0 Å². The molecule has 0 radical (unpaired) electrons. The van der Waals surface area contributed by atoms with E-state index >= 15 is 0 Å². The second-order valence-corrected chi connectivity index (χ2v) is 6.57. The summed E-state index contributed by atoms with van der Waals surface area (Å²) in [5.74, 6) is -0.297. The predicted molar refractivity (Wildman–Crippen MR) is 100 cm³/mol. The third-order valence-corrected chi connectivity index (χ3v) is 5.08. The number of anilines is 1. The van der Waals surface area contributed by atoms with Crippen molar-refractivity contribution in [3.8, 4) is 10.6 Å². The number of pyridine rings is 2. The number of carbonyl (C=O) groups is 1. The van der Waals surface area contributed by atoms with Crippen molar-refractivity contribution < 1.29 is 4.79 Å². The molecule has 5 nitrogen and oxygen atoms in total. The molecule has 0 aliphatic carbocycles. The van der Waals surface area contributed by atoms with Crippen molar-refractivity contribution in [2.45, 2.75) is 0 Å². The van der Waals surface area contributed by atoms with Gasteiger partial charge in [0.1, 0.15) is 9.88 Å². The molecular weight excluding hydrogens is 356 g/mol. The average Bonchev–Trinajstić information content (AvgIpc) is 3.05. The molecule has 7 heteroatoms. The zero-order chi connectivity index (χ0) is 17.2. The van der Waals surface area contributed by atoms with Crippen LogP contribution in [0.5, 0.6) is 0 Å². The number of benzene rings is 1. The van der Waals surface area contributed by atoms with Crippen LogP contribution in [0.2, 0.25) is 5.15 Å². The van der Waals surface area contributed by atoms with Gasteiger partial charge in [0, 0.05) is 29.5 Å². The molecule has 4 rings (SSSR count). The van der Waals surface area contributed by atoms with E-state index in [4.69, 9.17) is 11.6 Å². The zero-order valence-electron chi connectivity index (χ0n) is 12.8. The lowest BCUT2D eigenvalue weighted by atomic mass is 10.2. The van der Waals surface area contributed by atoms with Crippen molar-refractivity contribution in [2.75, 3.05) is 5.32 Å². The molecule has 1 N–H and O–H groups in total. The molecule has 3 aromatic heterocycles. The summed E-state index contributed by atoms with van der Waals surface area (Å²) in [7, 11) is 0. The number of nitrogens with one attached hydrogen (secondary N) is 1. The molecule has 0 aliphatic rings. The Hall–Kier alpha value is -2.83. The maximum absolute atomic E-state index is 12.7. The van der Waals surface area contributed by atoms with E-state index in [0.717, 1.165) is 16.5 Å². The van der Waals surface area contributed by atoms with Gasteiger partial charge in [-0.25, -0.2) is 4.98 Å². The highest BCUT2D eigenvalue weighted by molar-refractivity contribution is 7.17. The van der Waals surface area contributed by atoms with Crippen LogP contribution in [0, 0.1) is 0 Å². The summed E-state index contributed by atoms with van der Waals surface area (Å²) < 4.78 is 0. The molecule has 122 valence electrons. The highest BCUT2D eigenvalue weighted by atomic mass is 35.5. The van der Waals surface area contributed by atoms with Crippen LogP contribution in [-0.2, 0) is 0 Å². The van der Waals surface area contributed by atoms with E-state index < -0.39 is 0 Å². The van der Waals surface area contributed by atoms with Crippen LogP contribution in [0.1, 0.15) is 9.67 Å². The minimum absolute atomic E-state index is 0.180. The monoisotopic (exact) mass is 366 g/mol. The largest absolute Gasteiger partial charge is 0.321 e. The SMILES string of the molecule is O=C(Nc1cccc2ncccc12)c1sc(-c2cccnc2)nc1Cl. The van der Waals surface area contributed by atoms with Gasteiger partial charge in [0.15, 0.2) is 5.15 Å². The molecule has 0 fully saturated rings. The van der Waals surface area contributed by atoms with E-state index in [0.29, 0.717) is 15.6 Å². The van der Waals surface area contributed by atoms with Crippen LogP contribution in [0.25, 0.3) is 21.5 Å². The van der Waals surface area contributed by atoms with Crippen LogP contribution in [0.15, 0.2) is 61.1 Å². The van der Waals surface area contributed by atoms with E-state index in [1.54, 1.807) is 18.6 Å². The van der Waals surface area contributed by atoms with Crippen LogP contribution >= 0.6 is 22.9 Å². The number of hydrogen-bond acceptors (Lipinski definition) is 5. The Morgan fingerprint density at radius 2 is 1.96 bits per heavy atom. The minimum Gasteiger partial charge on any atom is -0.321 e. The number of amides is 1. The zero-order valence-corrected chi connectivity index (χ0v) is 14.4. The first kappa shape index (κ1) is 15.7.